The highest BCUT2D eigenvalue weighted by Gasteiger charge is 2.28. The van der Waals surface area contributed by atoms with E-state index in [1.54, 1.807) is 0 Å². The number of halogens is 1. The van der Waals surface area contributed by atoms with Crippen molar-refractivity contribution in [2.45, 2.75) is 12.8 Å². The van der Waals surface area contributed by atoms with E-state index in [0.717, 1.165) is 11.3 Å². The first kappa shape index (κ1) is 11.5. The summed E-state index contributed by atoms with van der Waals surface area (Å²) >= 11 is 2.57. The number of hydrogen-bond acceptors (Lipinski definition) is 1. The standard InChI is InChI=1S/C12H15IOS/c13-15(8-4-5-9-15)10-12(14)11-6-2-1-3-7-11/h1-3,6-7H,4-5,8-10H2. The Labute approximate surface area is 105 Å². The highest BCUT2D eigenvalue weighted by molar-refractivity contribution is 14.2. The van der Waals surface area contributed by atoms with Crippen molar-refractivity contribution >= 4 is 34.2 Å². The van der Waals surface area contributed by atoms with Gasteiger partial charge in [-0.15, -0.1) is 0 Å². The van der Waals surface area contributed by atoms with Gasteiger partial charge in [0.15, 0.2) is 5.78 Å². The van der Waals surface area contributed by atoms with Crippen LogP contribution in [-0.2, 0) is 0 Å². The summed E-state index contributed by atoms with van der Waals surface area (Å²) in [6.07, 6.45) is 2.64. The number of ketones is 1. The van der Waals surface area contributed by atoms with Gasteiger partial charge < -0.3 is 0 Å². The number of carbonyl (C=O) groups is 1. The van der Waals surface area contributed by atoms with E-state index in [9.17, 15) is 4.79 Å². The van der Waals surface area contributed by atoms with Crippen LogP contribution in [0.3, 0.4) is 0 Å². The van der Waals surface area contributed by atoms with E-state index in [2.05, 4.69) is 21.2 Å². The SMILES string of the molecule is O=C(CS1(I)CCCC1)c1ccccc1. The molecule has 0 radical (unpaired) electrons. The third-order valence-electron chi connectivity index (χ3n) is 2.76. The van der Waals surface area contributed by atoms with E-state index in [0.29, 0.717) is 5.78 Å². The van der Waals surface area contributed by atoms with Crippen LogP contribution in [0.2, 0.25) is 0 Å². The number of carbonyl (C=O) groups excluding carboxylic acids is 1. The zero-order chi connectivity index (χ0) is 10.7. The van der Waals surface area contributed by atoms with Crippen molar-refractivity contribution in [2.24, 2.45) is 0 Å². The average molecular weight is 334 g/mol. The third-order valence-corrected chi connectivity index (χ3v) is 9.15. The van der Waals surface area contributed by atoms with Gasteiger partial charge in [0, 0.05) is 11.3 Å². The Bertz CT molecular complexity index is 344. The maximum absolute atomic E-state index is 12.0. The number of benzene rings is 1. The summed E-state index contributed by atoms with van der Waals surface area (Å²) in [5.41, 5.74) is 0.882. The molecule has 1 aromatic rings. The van der Waals surface area contributed by atoms with Crippen molar-refractivity contribution < 1.29 is 4.79 Å². The zero-order valence-corrected chi connectivity index (χ0v) is 11.6. The molecule has 0 aliphatic carbocycles. The van der Waals surface area contributed by atoms with Gasteiger partial charge in [-0.3, -0.25) is 4.79 Å². The summed E-state index contributed by atoms with van der Waals surface area (Å²) in [4.78, 5) is 12.0. The van der Waals surface area contributed by atoms with Crippen LogP contribution < -0.4 is 0 Å². The Morgan fingerprint density at radius 1 is 1.20 bits per heavy atom. The Kier molecular flexibility index (Phi) is 3.72. The molecule has 0 bridgehead atoms. The first-order chi connectivity index (χ1) is 7.20. The minimum Gasteiger partial charge on any atom is -0.293 e. The molecule has 1 fully saturated rings. The first-order valence-electron chi connectivity index (χ1n) is 5.24. The smallest absolute Gasteiger partial charge is 0.171 e. The second-order valence-corrected chi connectivity index (χ2v) is 12.6. The summed E-state index contributed by atoms with van der Waals surface area (Å²) in [6.45, 7) is 0. The van der Waals surface area contributed by atoms with E-state index < -0.39 is 7.20 Å². The van der Waals surface area contributed by atoms with Crippen LogP contribution in [0.15, 0.2) is 30.3 Å². The van der Waals surface area contributed by atoms with Gasteiger partial charge >= 0.3 is 0 Å². The van der Waals surface area contributed by atoms with Crippen molar-refractivity contribution in [1.29, 1.82) is 0 Å². The van der Waals surface area contributed by atoms with Crippen LogP contribution in [-0.4, -0.2) is 23.0 Å². The summed E-state index contributed by atoms with van der Waals surface area (Å²) in [7, 11) is -0.631. The predicted molar refractivity (Wildman–Crippen MR) is 76.2 cm³/mol. The lowest BCUT2D eigenvalue weighted by Crippen LogP contribution is -2.11. The van der Waals surface area contributed by atoms with Gasteiger partial charge in [-0.1, -0.05) is 30.3 Å². The van der Waals surface area contributed by atoms with Crippen molar-refractivity contribution in [1.82, 2.24) is 0 Å². The van der Waals surface area contributed by atoms with Gasteiger partial charge in [0.05, 0.1) is 0 Å². The van der Waals surface area contributed by atoms with Crippen molar-refractivity contribution in [3.05, 3.63) is 35.9 Å². The summed E-state index contributed by atoms with van der Waals surface area (Å²) < 4.78 is 0. The number of Topliss-reactive ketones (excluding diaryl/α,β-unsaturated/α-hetero) is 1. The van der Waals surface area contributed by atoms with E-state index in [4.69, 9.17) is 0 Å². The molecule has 0 aromatic heterocycles. The molecule has 0 amide bonds. The second kappa shape index (κ2) is 4.87. The van der Waals surface area contributed by atoms with E-state index in [1.807, 2.05) is 30.3 Å². The lowest BCUT2D eigenvalue weighted by molar-refractivity contribution is 0.102. The predicted octanol–water partition coefficient (Wildman–Crippen LogP) is 3.82. The highest BCUT2D eigenvalue weighted by atomic mass is 127. The molecule has 15 heavy (non-hydrogen) atoms. The normalized spacial score (nSPS) is 21.1. The maximum atomic E-state index is 12.0. The highest BCUT2D eigenvalue weighted by Crippen LogP contribution is 2.61. The largest absolute Gasteiger partial charge is 0.293 e. The van der Waals surface area contributed by atoms with Gasteiger partial charge in [0.2, 0.25) is 0 Å². The van der Waals surface area contributed by atoms with Crippen molar-refractivity contribution in [2.75, 3.05) is 17.3 Å². The Morgan fingerprint density at radius 2 is 1.80 bits per heavy atom. The van der Waals surface area contributed by atoms with Crippen molar-refractivity contribution in [3.8, 4) is 0 Å². The average Bonchev–Trinajstić information content (AvgIpc) is 2.66. The van der Waals surface area contributed by atoms with Crippen LogP contribution in [0.25, 0.3) is 0 Å². The Hall–Kier alpha value is -0.0300. The fraction of sp³-hybridized carbons (Fsp3) is 0.417. The Balaban J connectivity index is 2.04. The van der Waals surface area contributed by atoms with Gasteiger partial charge in [0.1, 0.15) is 0 Å². The van der Waals surface area contributed by atoms with E-state index in [-0.39, 0.29) is 0 Å². The van der Waals surface area contributed by atoms with Crippen molar-refractivity contribution in [3.63, 3.8) is 0 Å². The lowest BCUT2D eigenvalue weighted by atomic mass is 10.2. The molecule has 0 saturated carbocycles. The molecule has 0 N–H and O–H groups in total. The minimum absolute atomic E-state index is 0.335. The molecule has 0 unspecified atom stereocenters. The van der Waals surface area contributed by atoms with Crippen LogP contribution >= 0.6 is 28.4 Å². The van der Waals surface area contributed by atoms with E-state index >= 15 is 0 Å². The maximum Gasteiger partial charge on any atom is 0.171 e. The molecule has 0 atom stereocenters. The quantitative estimate of drug-likeness (QED) is 0.607. The van der Waals surface area contributed by atoms with Crippen LogP contribution in [0, 0.1) is 0 Å². The molecule has 1 heterocycles. The van der Waals surface area contributed by atoms with Gasteiger partial charge in [-0.2, -0.15) is 7.20 Å². The monoisotopic (exact) mass is 334 g/mol. The van der Waals surface area contributed by atoms with Crippen LogP contribution in [0.5, 0.6) is 0 Å². The summed E-state index contributed by atoms with van der Waals surface area (Å²) in [5.74, 6) is 3.69. The molecule has 0 spiro atoms. The van der Waals surface area contributed by atoms with Crippen LogP contribution in [0.4, 0.5) is 0 Å². The fourth-order valence-electron chi connectivity index (χ4n) is 1.91. The first-order valence-corrected chi connectivity index (χ1v) is 9.92. The van der Waals surface area contributed by atoms with Gasteiger partial charge in [-0.25, -0.2) is 0 Å². The minimum atomic E-state index is -0.631. The molecular weight excluding hydrogens is 319 g/mol. The van der Waals surface area contributed by atoms with Crippen LogP contribution in [0.1, 0.15) is 23.2 Å². The summed E-state index contributed by atoms with van der Waals surface area (Å²) in [6, 6.07) is 9.70. The van der Waals surface area contributed by atoms with E-state index in [1.165, 1.54) is 24.3 Å². The molecule has 82 valence electrons. The van der Waals surface area contributed by atoms with Gasteiger partial charge in [-0.05, 0) is 45.6 Å². The summed E-state index contributed by atoms with van der Waals surface area (Å²) in [5, 5.41) is 0. The molecule has 2 rings (SSSR count). The Morgan fingerprint density at radius 3 is 2.40 bits per heavy atom. The molecule has 1 aromatic carbocycles. The lowest BCUT2D eigenvalue weighted by Gasteiger charge is -2.26. The molecule has 1 aliphatic rings. The molecule has 1 saturated heterocycles. The fourth-order valence-corrected chi connectivity index (χ4v) is 7.20. The third kappa shape index (κ3) is 2.97. The second-order valence-electron chi connectivity index (χ2n) is 3.99. The number of rotatable bonds is 3. The van der Waals surface area contributed by atoms with Gasteiger partial charge in [0.25, 0.3) is 0 Å². The molecule has 1 nitrogen and oxygen atoms in total. The topological polar surface area (TPSA) is 17.1 Å². The molecule has 1 aliphatic heterocycles. The molecular formula is C12H15IOS. The zero-order valence-electron chi connectivity index (χ0n) is 8.62. The molecule has 3 heteroatoms. The number of hydrogen-bond donors (Lipinski definition) is 0.